The van der Waals surface area contributed by atoms with Gasteiger partial charge in [-0.1, -0.05) is 29.0 Å². The van der Waals surface area contributed by atoms with Crippen molar-refractivity contribution in [2.24, 2.45) is 5.92 Å². The van der Waals surface area contributed by atoms with Crippen LogP contribution in [0.1, 0.15) is 24.6 Å². The minimum atomic E-state index is -4.46. The van der Waals surface area contributed by atoms with E-state index < -0.39 is 24.8 Å². The van der Waals surface area contributed by atoms with Crippen molar-refractivity contribution in [3.63, 3.8) is 0 Å². The predicted molar refractivity (Wildman–Crippen MR) is 113 cm³/mol. The van der Waals surface area contributed by atoms with E-state index in [0.29, 0.717) is 34.2 Å². The highest BCUT2D eigenvalue weighted by atomic mass is 35.5. The molecule has 0 unspecified atom stereocenters. The molecule has 1 atom stereocenters. The second kappa shape index (κ2) is 10.2. The molecule has 0 bridgehead atoms. The van der Waals surface area contributed by atoms with E-state index in [4.69, 9.17) is 21.1 Å². The van der Waals surface area contributed by atoms with Crippen molar-refractivity contribution in [2.75, 3.05) is 13.2 Å². The lowest BCUT2D eigenvalue weighted by Gasteiger charge is -2.12. The van der Waals surface area contributed by atoms with Crippen molar-refractivity contribution in [1.82, 2.24) is 15.6 Å². The molecule has 2 amide bonds. The standard InChI is InChI=1S/C20H21ClF3N3O3S/c1-12(27-18(28)26-11-20(22,23)24)2-6-15-9-25-19(31-15)30-17-7-5-14(8-16(17)21)29-10-13-3-4-13/h2,5-9,12-13H,3-4,10-11H2,1H3,(H2,26,27,28)/b6-2+/t12-/m0/s1. The number of carbonyl (C=O) groups excluding carboxylic acids is 1. The molecule has 0 radical (unpaired) electrons. The van der Waals surface area contributed by atoms with Crippen LogP contribution in [0.3, 0.4) is 0 Å². The van der Waals surface area contributed by atoms with Gasteiger partial charge in [-0.05, 0) is 43.9 Å². The van der Waals surface area contributed by atoms with Crippen LogP contribution in [0.2, 0.25) is 5.02 Å². The second-order valence-electron chi connectivity index (χ2n) is 7.07. The number of carbonyl (C=O) groups is 1. The maximum atomic E-state index is 12.1. The Morgan fingerprint density at radius 3 is 2.87 bits per heavy atom. The number of urea groups is 1. The van der Waals surface area contributed by atoms with Crippen LogP contribution in [0, 0.1) is 5.92 Å². The minimum Gasteiger partial charge on any atom is -0.493 e. The van der Waals surface area contributed by atoms with Crippen LogP contribution in [-0.2, 0) is 0 Å². The average molecular weight is 476 g/mol. The molecule has 1 saturated carbocycles. The Morgan fingerprint density at radius 2 is 2.19 bits per heavy atom. The van der Waals surface area contributed by atoms with Crippen molar-refractivity contribution in [3.8, 4) is 16.7 Å². The number of rotatable bonds is 9. The summed E-state index contributed by atoms with van der Waals surface area (Å²) in [5.41, 5.74) is 0. The van der Waals surface area contributed by atoms with Gasteiger partial charge in [-0.2, -0.15) is 13.2 Å². The molecule has 1 aromatic heterocycles. The Balaban J connectivity index is 1.48. The van der Waals surface area contributed by atoms with Crippen LogP contribution in [0.15, 0.2) is 30.5 Å². The van der Waals surface area contributed by atoms with Gasteiger partial charge < -0.3 is 20.1 Å². The minimum absolute atomic E-state index is 0.372. The molecule has 1 heterocycles. The number of halogens is 4. The van der Waals surface area contributed by atoms with Crippen LogP contribution >= 0.6 is 22.9 Å². The van der Waals surface area contributed by atoms with E-state index in [1.807, 2.05) is 0 Å². The number of nitrogens with one attached hydrogen (secondary N) is 2. The van der Waals surface area contributed by atoms with E-state index in [1.165, 1.54) is 24.2 Å². The largest absolute Gasteiger partial charge is 0.493 e. The Morgan fingerprint density at radius 1 is 1.42 bits per heavy atom. The fourth-order valence-electron chi connectivity index (χ4n) is 2.37. The molecule has 1 aliphatic carbocycles. The van der Waals surface area contributed by atoms with E-state index in [9.17, 15) is 18.0 Å². The third-order valence-electron chi connectivity index (χ3n) is 4.14. The topological polar surface area (TPSA) is 72.5 Å². The number of thiazole rings is 1. The molecule has 2 N–H and O–H groups in total. The number of aromatic nitrogens is 1. The summed E-state index contributed by atoms with van der Waals surface area (Å²) < 4.78 is 47.7. The Kier molecular flexibility index (Phi) is 7.66. The molecule has 11 heteroatoms. The van der Waals surface area contributed by atoms with E-state index in [2.05, 4.69) is 10.3 Å². The number of nitrogens with zero attached hydrogens (tertiary/aromatic N) is 1. The zero-order chi connectivity index (χ0) is 22.4. The number of hydrogen-bond acceptors (Lipinski definition) is 5. The molecular formula is C20H21ClF3N3O3S. The Labute approximate surface area is 186 Å². The van der Waals surface area contributed by atoms with Crippen molar-refractivity contribution < 1.29 is 27.4 Å². The first kappa shape index (κ1) is 23.2. The second-order valence-corrected chi connectivity index (χ2v) is 8.50. The first-order valence-electron chi connectivity index (χ1n) is 9.53. The van der Waals surface area contributed by atoms with Gasteiger partial charge in [-0.3, -0.25) is 0 Å². The molecule has 31 heavy (non-hydrogen) atoms. The lowest BCUT2D eigenvalue weighted by molar-refractivity contribution is -0.122. The highest BCUT2D eigenvalue weighted by molar-refractivity contribution is 7.14. The zero-order valence-corrected chi connectivity index (χ0v) is 18.1. The van der Waals surface area contributed by atoms with Gasteiger partial charge in [-0.25, -0.2) is 9.78 Å². The quantitative estimate of drug-likeness (QED) is 0.492. The van der Waals surface area contributed by atoms with Crippen molar-refractivity contribution in [1.29, 1.82) is 0 Å². The SMILES string of the molecule is C[C@@H](/C=C/c1cnc(Oc2ccc(OCC3CC3)cc2Cl)s1)NC(=O)NCC(F)(F)F. The lowest BCUT2D eigenvalue weighted by atomic mass is 10.3. The van der Waals surface area contributed by atoms with Gasteiger partial charge in [0.1, 0.15) is 18.0 Å². The summed E-state index contributed by atoms with van der Waals surface area (Å²) in [6.07, 6.45) is 2.85. The average Bonchev–Trinajstić information content (AvgIpc) is 3.42. The van der Waals surface area contributed by atoms with Gasteiger partial charge >= 0.3 is 12.2 Å². The molecule has 2 aromatic rings. The van der Waals surface area contributed by atoms with Crippen molar-refractivity contribution in [2.45, 2.75) is 32.0 Å². The number of alkyl halides is 3. The van der Waals surface area contributed by atoms with E-state index in [1.54, 1.807) is 48.8 Å². The molecule has 0 spiro atoms. The monoisotopic (exact) mass is 475 g/mol. The summed E-state index contributed by atoms with van der Waals surface area (Å²) >= 11 is 7.51. The lowest BCUT2D eigenvalue weighted by Crippen LogP contribution is -2.43. The third-order valence-corrected chi connectivity index (χ3v) is 5.28. The van der Waals surface area contributed by atoms with Crippen molar-refractivity contribution >= 4 is 35.0 Å². The van der Waals surface area contributed by atoms with Crippen LogP contribution in [-0.4, -0.2) is 36.4 Å². The summed E-state index contributed by atoms with van der Waals surface area (Å²) in [6, 6.07) is 3.81. The van der Waals surface area contributed by atoms with Gasteiger partial charge in [-0.15, -0.1) is 0 Å². The molecule has 1 aliphatic rings. The molecule has 1 aromatic carbocycles. The molecule has 0 saturated heterocycles. The molecule has 3 rings (SSSR count). The van der Waals surface area contributed by atoms with E-state index in [-0.39, 0.29) is 0 Å². The summed E-state index contributed by atoms with van der Waals surface area (Å²) in [7, 11) is 0. The van der Waals surface area contributed by atoms with Crippen molar-refractivity contribution in [3.05, 3.63) is 40.4 Å². The predicted octanol–water partition coefficient (Wildman–Crippen LogP) is 5.64. The zero-order valence-electron chi connectivity index (χ0n) is 16.5. The molecule has 6 nitrogen and oxygen atoms in total. The van der Waals surface area contributed by atoms with Gasteiger partial charge in [0, 0.05) is 18.3 Å². The highest BCUT2D eigenvalue weighted by Crippen LogP contribution is 2.35. The van der Waals surface area contributed by atoms with E-state index >= 15 is 0 Å². The fraction of sp³-hybridized carbons (Fsp3) is 0.400. The maximum Gasteiger partial charge on any atom is 0.405 e. The van der Waals surface area contributed by atoms with Gasteiger partial charge in [0.25, 0.3) is 5.19 Å². The summed E-state index contributed by atoms with van der Waals surface area (Å²) in [4.78, 5) is 16.3. The first-order valence-corrected chi connectivity index (χ1v) is 10.7. The van der Waals surface area contributed by atoms with E-state index in [0.717, 1.165) is 4.88 Å². The molecule has 168 valence electrons. The van der Waals surface area contributed by atoms with Crippen LogP contribution < -0.4 is 20.1 Å². The summed E-state index contributed by atoms with van der Waals surface area (Å²) in [5.74, 6) is 1.78. The molecule has 0 aliphatic heterocycles. The Bertz CT molecular complexity index is 932. The third kappa shape index (κ3) is 8.29. The summed E-state index contributed by atoms with van der Waals surface area (Å²) in [6.45, 7) is 0.936. The molecular weight excluding hydrogens is 455 g/mol. The maximum absolute atomic E-state index is 12.1. The number of ether oxygens (including phenoxy) is 2. The Hall–Kier alpha value is -2.46. The van der Waals surface area contributed by atoms with Gasteiger partial charge in [0.05, 0.1) is 16.5 Å². The normalized spacial score (nSPS) is 15.0. The number of amides is 2. The first-order chi connectivity index (χ1) is 14.7. The smallest absolute Gasteiger partial charge is 0.405 e. The van der Waals surface area contributed by atoms with Crippen LogP contribution in [0.5, 0.6) is 16.7 Å². The highest BCUT2D eigenvalue weighted by Gasteiger charge is 2.27. The van der Waals surface area contributed by atoms with Crippen LogP contribution in [0.25, 0.3) is 6.08 Å². The molecule has 1 fully saturated rings. The summed E-state index contributed by atoms with van der Waals surface area (Å²) in [5, 5.41) is 4.92. The number of benzene rings is 1. The number of hydrogen-bond donors (Lipinski definition) is 2. The van der Waals surface area contributed by atoms with Gasteiger partial charge in [0.15, 0.2) is 0 Å². The van der Waals surface area contributed by atoms with Gasteiger partial charge in [0.2, 0.25) is 0 Å². The van der Waals surface area contributed by atoms with Crippen LogP contribution in [0.4, 0.5) is 18.0 Å². The fourth-order valence-corrected chi connectivity index (χ4v) is 3.27.